The van der Waals surface area contributed by atoms with Gasteiger partial charge in [-0.05, 0) is 18.1 Å². The molecule has 2 rings (SSSR count). The fourth-order valence-electron chi connectivity index (χ4n) is 1.76. The highest BCUT2D eigenvalue weighted by Gasteiger charge is 2.09. The normalized spacial score (nSPS) is 11.0. The third kappa shape index (κ3) is 3.44. The van der Waals surface area contributed by atoms with Crippen molar-refractivity contribution >= 4 is 17.3 Å². The van der Waals surface area contributed by atoms with E-state index in [1.54, 1.807) is 12.1 Å². The van der Waals surface area contributed by atoms with Gasteiger partial charge in [-0.15, -0.1) is 0 Å². The minimum Gasteiger partial charge on any atom is -0.374 e. The van der Waals surface area contributed by atoms with Gasteiger partial charge in [0.15, 0.2) is 0 Å². The van der Waals surface area contributed by atoms with E-state index in [2.05, 4.69) is 29.2 Å². The maximum absolute atomic E-state index is 13.6. The van der Waals surface area contributed by atoms with Gasteiger partial charge in [0.05, 0.1) is 17.3 Å². The van der Waals surface area contributed by atoms with Crippen molar-refractivity contribution in [3.8, 4) is 0 Å². The van der Waals surface area contributed by atoms with Crippen molar-refractivity contribution in [1.29, 1.82) is 0 Å². The average Bonchev–Trinajstić information content (AvgIpc) is 2.75. The van der Waals surface area contributed by atoms with Gasteiger partial charge in [-0.1, -0.05) is 31.5 Å². The third-order valence-corrected chi connectivity index (χ3v) is 2.93. The second-order valence-corrected chi connectivity index (χ2v) is 5.11. The standard InChI is InChI=1S/C13H16ClFN4/c1-9(2)7-19-12(17-8-18-19)6-16-13-10(14)4-3-5-11(13)15/h3-5,8-9,16H,6-7H2,1-2H3. The maximum atomic E-state index is 13.6. The van der Waals surface area contributed by atoms with Crippen LogP contribution in [0.5, 0.6) is 0 Å². The summed E-state index contributed by atoms with van der Waals surface area (Å²) in [7, 11) is 0. The van der Waals surface area contributed by atoms with Gasteiger partial charge in [-0.25, -0.2) is 14.1 Å². The summed E-state index contributed by atoms with van der Waals surface area (Å²) in [6.07, 6.45) is 1.50. The van der Waals surface area contributed by atoms with Crippen LogP contribution in [0.25, 0.3) is 0 Å². The molecule has 0 aliphatic carbocycles. The van der Waals surface area contributed by atoms with Gasteiger partial charge < -0.3 is 5.32 Å². The Bertz CT molecular complexity index is 533. The molecule has 0 spiro atoms. The van der Waals surface area contributed by atoms with Gasteiger partial charge in [0.1, 0.15) is 18.0 Å². The Hall–Kier alpha value is -1.62. The van der Waals surface area contributed by atoms with Crippen molar-refractivity contribution in [2.24, 2.45) is 5.92 Å². The average molecular weight is 283 g/mol. The highest BCUT2D eigenvalue weighted by atomic mass is 35.5. The molecule has 1 aromatic carbocycles. The summed E-state index contributed by atoms with van der Waals surface area (Å²) in [5, 5.41) is 7.48. The predicted molar refractivity (Wildman–Crippen MR) is 73.6 cm³/mol. The first-order valence-corrected chi connectivity index (χ1v) is 6.50. The lowest BCUT2D eigenvalue weighted by atomic mass is 10.2. The summed E-state index contributed by atoms with van der Waals surface area (Å²) < 4.78 is 15.4. The Labute approximate surface area is 116 Å². The fraction of sp³-hybridized carbons (Fsp3) is 0.385. The second-order valence-electron chi connectivity index (χ2n) is 4.70. The van der Waals surface area contributed by atoms with E-state index in [-0.39, 0.29) is 5.82 Å². The molecule has 0 bridgehead atoms. The van der Waals surface area contributed by atoms with Crippen LogP contribution in [0.2, 0.25) is 5.02 Å². The van der Waals surface area contributed by atoms with Gasteiger partial charge in [0, 0.05) is 6.54 Å². The number of nitrogens with one attached hydrogen (secondary N) is 1. The fourth-order valence-corrected chi connectivity index (χ4v) is 1.99. The molecule has 0 saturated heterocycles. The largest absolute Gasteiger partial charge is 0.374 e. The van der Waals surface area contributed by atoms with E-state index < -0.39 is 0 Å². The van der Waals surface area contributed by atoms with Gasteiger partial charge in [-0.3, -0.25) is 0 Å². The van der Waals surface area contributed by atoms with Crippen LogP contribution in [0.1, 0.15) is 19.7 Å². The van der Waals surface area contributed by atoms with Crippen molar-refractivity contribution in [1.82, 2.24) is 14.8 Å². The molecule has 0 saturated carbocycles. The van der Waals surface area contributed by atoms with Crippen molar-refractivity contribution < 1.29 is 4.39 Å². The molecular weight excluding hydrogens is 267 g/mol. The zero-order valence-electron chi connectivity index (χ0n) is 10.9. The minimum absolute atomic E-state index is 0.295. The number of hydrogen-bond acceptors (Lipinski definition) is 3. The summed E-state index contributed by atoms with van der Waals surface area (Å²) >= 11 is 5.95. The van der Waals surface area contributed by atoms with Crippen molar-refractivity contribution in [3.05, 3.63) is 41.2 Å². The number of anilines is 1. The van der Waals surface area contributed by atoms with Crippen molar-refractivity contribution in [3.63, 3.8) is 0 Å². The highest BCUT2D eigenvalue weighted by molar-refractivity contribution is 6.33. The van der Waals surface area contributed by atoms with Crippen LogP contribution >= 0.6 is 11.6 Å². The topological polar surface area (TPSA) is 42.7 Å². The van der Waals surface area contributed by atoms with Gasteiger partial charge >= 0.3 is 0 Å². The molecule has 1 heterocycles. The molecule has 2 aromatic rings. The van der Waals surface area contributed by atoms with Crippen molar-refractivity contribution in [2.75, 3.05) is 5.32 Å². The molecular formula is C13H16ClFN4. The highest BCUT2D eigenvalue weighted by Crippen LogP contribution is 2.24. The molecule has 0 fully saturated rings. The summed E-state index contributed by atoms with van der Waals surface area (Å²) in [5.74, 6) is 0.855. The SMILES string of the molecule is CC(C)Cn1ncnc1CNc1c(F)cccc1Cl. The minimum atomic E-state index is -0.373. The molecule has 6 heteroatoms. The van der Waals surface area contributed by atoms with Gasteiger partial charge in [-0.2, -0.15) is 5.10 Å². The Kier molecular flexibility index (Phi) is 4.37. The molecule has 0 aliphatic heterocycles. The van der Waals surface area contributed by atoms with E-state index in [4.69, 9.17) is 11.6 Å². The summed E-state index contributed by atoms with van der Waals surface area (Å²) in [4.78, 5) is 4.17. The molecule has 1 N–H and O–H groups in total. The smallest absolute Gasteiger partial charge is 0.147 e. The second kappa shape index (κ2) is 6.02. The van der Waals surface area contributed by atoms with Crippen molar-refractivity contribution in [2.45, 2.75) is 26.9 Å². The lowest BCUT2D eigenvalue weighted by Crippen LogP contribution is -2.13. The Morgan fingerprint density at radius 1 is 1.42 bits per heavy atom. The van der Waals surface area contributed by atoms with E-state index in [1.807, 2.05) is 4.68 Å². The summed E-state index contributed by atoms with van der Waals surface area (Å²) in [5.41, 5.74) is 0.295. The van der Waals surface area contributed by atoms with E-state index in [9.17, 15) is 4.39 Å². The Morgan fingerprint density at radius 3 is 2.89 bits per heavy atom. The zero-order chi connectivity index (χ0) is 13.8. The molecule has 0 amide bonds. The lowest BCUT2D eigenvalue weighted by Gasteiger charge is -2.11. The van der Waals surface area contributed by atoms with Crippen LogP contribution < -0.4 is 5.32 Å². The molecule has 0 aliphatic rings. The Balaban J connectivity index is 2.09. The number of hydrogen-bond donors (Lipinski definition) is 1. The monoisotopic (exact) mass is 282 g/mol. The van der Waals surface area contributed by atoms with E-state index >= 15 is 0 Å². The van der Waals surface area contributed by atoms with Crippen LogP contribution in [-0.2, 0) is 13.1 Å². The van der Waals surface area contributed by atoms with Crippen LogP contribution in [0, 0.1) is 11.7 Å². The van der Waals surface area contributed by atoms with E-state index in [0.717, 1.165) is 12.4 Å². The molecule has 0 unspecified atom stereocenters. The summed E-state index contributed by atoms with van der Waals surface area (Å²) in [6.45, 7) is 5.37. The first kappa shape index (κ1) is 13.8. The molecule has 1 aromatic heterocycles. The van der Waals surface area contributed by atoms with Gasteiger partial charge in [0.25, 0.3) is 0 Å². The van der Waals surface area contributed by atoms with Crippen LogP contribution in [-0.4, -0.2) is 14.8 Å². The molecule has 0 atom stereocenters. The maximum Gasteiger partial charge on any atom is 0.147 e. The number of benzene rings is 1. The van der Waals surface area contributed by atoms with Crippen LogP contribution in [0.4, 0.5) is 10.1 Å². The molecule has 102 valence electrons. The van der Waals surface area contributed by atoms with E-state index in [1.165, 1.54) is 12.4 Å². The predicted octanol–water partition coefficient (Wildman–Crippen LogP) is 3.34. The van der Waals surface area contributed by atoms with E-state index in [0.29, 0.717) is 23.2 Å². The molecule has 4 nitrogen and oxygen atoms in total. The Morgan fingerprint density at radius 2 is 2.21 bits per heavy atom. The number of halogens is 2. The molecule has 19 heavy (non-hydrogen) atoms. The number of rotatable bonds is 5. The quantitative estimate of drug-likeness (QED) is 0.915. The summed E-state index contributed by atoms with van der Waals surface area (Å²) in [6, 6.07) is 4.59. The zero-order valence-corrected chi connectivity index (χ0v) is 11.7. The van der Waals surface area contributed by atoms with Crippen LogP contribution in [0.15, 0.2) is 24.5 Å². The number of nitrogens with zero attached hydrogens (tertiary/aromatic N) is 3. The lowest BCUT2D eigenvalue weighted by molar-refractivity contribution is 0.468. The first-order valence-electron chi connectivity index (χ1n) is 6.12. The van der Waals surface area contributed by atoms with Crippen LogP contribution in [0.3, 0.4) is 0 Å². The van der Waals surface area contributed by atoms with Gasteiger partial charge in [0.2, 0.25) is 0 Å². The first-order chi connectivity index (χ1) is 9.08. The number of para-hydroxylation sites is 1. The number of aromatic nitrogens is 3. The third-order valence-electron chi connectivity index (χ3n) is 2.62. The molecule has 0 radical (unpaired) electrons.